The molecule has 2 aromatic rings. The highest BCUT2D eigenvalue weighted by molar-refractivity contribution is 6.08. The van der Waals surface area contributed by atoms with Gasteiger partial charge in [-0.15, -0.1) is 0 Å². The van der Waals surface area contributed by atoms with Crippen molar-refractivity contribution < 1.29 is 19.5 Å². The van der Waals surface area contributed by atoms with E-state index in [-0.39, 0.29) is 46.7 Å². The maximum absolute atomic E-state index is 13.3. The Morgan fingerprint density at radius 1 is 1.00 bits per heavy atom. The van der Waals surface area contributed by atoms with Gasteiger partial charge in [0, 0.05) is 5.92 Å². The fourth-order valence-corrected chi connectivity index (χ4v) is 4.81. The van der Waals surface area contributed by atoms with Crippen LogP contribution in [0.4, 0.5) is 5.69 Å². The van der Waals surface area contributed by atoms with E-state index in [1.807, 2.05) is 65.0 Å². The molecule has 4 N–H and O–H groups in total. The lowest BCUT2D eigenvalue weighted by Gasteiger charge is -2.35. The van der Waals surface area contributed by atoms with Gasteiger partial charge in [-0.25, -0.2) is 0 Å². The van der Waals surface area contributed by atoms with Gasteiger partial charge in [-0.3, -0.25) is 14.4 Å². The van der Waals surface area contributed by atoms with Crippen molar-refractivity contribution in [3.63, 3.8) is 0 Å². The topological polar surface area (TPSA) is 108 Å². The molecule has 0 radical (unpaired) electrons. The average molecular weight is 520 g/mol. The maximum Gasteiger partial charge on any atom is 0.243 e. The zero-order valence-electron chi connectivity index (χ0n) is 23.3. The Balaban J connectivity index is 1.83. The second-order valence-corrected chi connectivity index (χ2v) is 10.5. The Labute approximate surface area is 226 Å². The summed E-state index contributed by atoms with van der Waals surface area (Å²) >= 11 is 0. The zero-order valence-corrected chi connectivity index (χ0v) is 23.3. The van der Waals surface area contributed by atoms with Crippen LogP contribution in [0.5, 0.6) is 5.75 Å². The number of rotatable bonds is 13. The van der Waals surface area contributed by atoms with Crippen molar-refractivity contribution >= 4 is 23.2 Å². The summed E-state index contributed by atoms with van der Waals surface area (Å²) in [6.07, 6.45) is 2.35. The number of aromatic hydroxyl groups is 1. The fourth-order valence-electron chi connectivity index (χ4n) is 4.81. The summed E-state index contributed by atoms with van der Waals surface area (Å²) in [5.74, 6) is -1.26. The van der Waals surface area contributed by atoms with Gasteiger partial charge in [0.05, 0.1) is 34.6 Å². The van der Waals surface area contributed by atoms with Gasteiger partial charge >= 0.3 is 0 Å². The van der Waals surface area contributed by atoms with E-state index in [1.165, 1.54) is 0 Å². The van der Waals surface area contributed by atoms with Crippen LogP contribution in [0.2, 0.25) is 0 Å². The van der Waals surface area contributed by atoms with Crippen molar-refractivity contribution in [1.29, 1.82) is 0 Å². The minimum atomic E-state index is -0.632. The SMILES string of the molecule is CCCC(C)C(=O)c1cccc(NC2=C(N[C@@H](C(=O)N[C@@H](CC)c3ccccc3)C(C)C)C(=O)C2C)c1O. The first-order valence-corrected chi connectivity index (χ1v) is 13.6. The van der Waals surface area contributed by atoms with Gasteiger partial charge in [0.25, 0.3) is 0 Å². The lowest BCUT2D eigenvalue weighted by Crippen LogP contribution is -2.52. The highest BCUT2D eigenvalue weighted by Crippen LogP contribution is 2.36. The third-order valence-electron chi connectivity index (χ3n) is 7.26. The molecule has 2 aromatic carbocycles. The molecule has 38 heavy (non-hydrogen) atoms. The van der Waals surface area contributed by atoms with E-state index in [2.05, 4.69) is 16.0 Å². The molecule has 0 saturated heterocycles. The zero-order chi connectivity index (χ0) is 28.0. The van der Waals surface area contributed by atoms with Gasteiger partial charge in [0.1, 0.15) is 11.8 Å². The number of Topliss-reactive ketones (excluding diaryl/α,β-unsaturated/α-hetero) is 2. The third-order valence-corrected chi connectivity index (χ3v) is 7.26. The number of carbonyl (C=O) groups is 3. The smallest absolute Gasteiger partial charge is 0.243 e. The Morgan fingerprint density at radius 2 is 1.68 bits per heavy atom. The van der Waals surface area contributed by atoms with Gasteiger partial charge in [-0.2, -0.15) is 0 Å². The largest absolute Gasteiger partial charge is 0.505 e. The number of hydrogen-bond donors (Lipinski definition) is 4. The molecule has 0 saturated carbocycles. The number of allylic oxidation sites excluding steroid dienone is 2. The van der Waals surface area contributed by atoms with Gasteiger partial charge < -0.3 is 21.1 Å². The summed E-state index contributed by atoms with van der Waals surface area (Å²) in [6, 6.07) is 14.0. The molecule has 0 aromatic heterocycles. The van der Waals surface area contributed by atoms with E-state index in [9.17, 15) is 19.5 Å². The van der Waals surface area contributed by atoms with E-state index in [0.29, 0.717) is 17.1 Å². The standard InChI is InChI=1S/C31H41N3O4/c1-7-13-19(5)28(35)22-16-12-17-24(30(22)37)32-26-20(6)29(36)27(26)34-25(18(3)4)31(38)33-23(8-2)21-14-10-9-11-15-21/h9-12,14-20,23,25,32,34,37H,7-8,13H2,1-6H3,(H,33,38)/t19?,20?,23-,25+/m0/s1. The molecule has 1 aliphatic carbocycles. The molecule has 1 aliphatic rings. The summed E-state index contributed by atoms with van der Waals surface area (Å²) in [5, 5.41) is 20.4. The predicted octanol–water partition coefficient (Wildman–Crippen LogP) is 5.74. The quantitative estimate of drug-likeness (QED) is 0.199. The number of amides is 1. The number of phenols is 1. The number of phenolic OH excluding ortho intramolecular Hbond substituents is 1. The summed E-state index contributed by atoms with van der Waals surface area (Å²) in [7, 11) is 0. The summed E-state index contributed by atoms with van der Waals surface area (Å²) in [6.45, 7) is 11.5. The Morgan fingerprint density at radius 3 is 2.29 bits per heavy atom. The molecule has 0 fully saturated rings. The van der Waals surface area contributed by atoms with E-state index >= 15 is 0 Å². The highest BCUT2D eigenvalue weighted by atomic mass is 16.3. The number of para-hydroxylation sites is 1. The van der Waals surface area contributed by atoms with Crippen molar-refractivity contribution in [2.45, 2.75) is 72.9 Å². The fraction of sp³-hybridized carbons (Fsp3) is 0.452. The number of hydrogen-bond acceptors (Lipinski definition) is 6. The molecular weight excluding hydrogens is 478 g/mol. The molecule has 0 spiro atoms. The molecule has 204 valence electrons. The van der Waals surface area contributed by atoms with Gasteiger partial charge in [-0.1, -0.05) is 77.4 Å². The van der Waals surface area contributed by atoms with Crippen molar-refractivity contribution in [2.75, 3.05) is 5.32 Å². The molecule has 7 heteroatoms. The Bertz CT molecular complexity index is 1190. The van der Waals surface area contributed by atoms with E-state index in [1.54, 1.807) is 25.1 Å². The normalized spacial score (nSPS) is 17.4. The number of ketones is 2. The van der Waals surface area contributed by atoms with Crippen LogP contribution >= 0.6 is 0 Å². The van der Waals surface area contributed by atoms with E-state index < -0.39 is 12.0 Å². The van der Waals surface area contributed by atoms with Crippen molar-refractivity contribution in [1.82, 2.24) is 10.6 Å². The molecule has 3 rings (SSSR count). The Hall–Kier alpha value is -3.61. The summed E-state index contributed by atoms with van der Waals surface area (Å²) in [4.78, 5) is 39.1. The molecule has 4 atom stereocenters. The second-order valence-electron chi connectivity index (χ2n) is 10.5. The lowest BCUT2D eigenvalue weighted by molar-refractivity contribution is -0.125. The van der Waals surface area contributed by atoms with E-state index in [0.717, 1.165) is 24.8 Å². The number of benzene rings is 2. The van der Waals surface area contributed by atoms with Crippen LogP contribution in [-0.4, -0.2) is 28.6 Å². The molecule has 1 amide bonds. The minimum Gasteiger partial charge on any atom is -0.505 e. The highest BCUT2D eigenvalue weighted by Gasteiger charge is 2.39. The van der Waals surface area contributed by atoms with Gasteiger partial charge in [0.15, 0.2) is 11.6 Å². The first kappa shape index (κ1) is 29.0. The van der Waals surface area contributed by atoms with Crippen LogP contribution in [0.1, 0.15) is 82.8 Å². The van der Waals surface area contributed by atoms with Crippen LogP contribution in [-0.2, 0) is 9.59 Å². The second kappa shape index (κ2) is 12.8. The monoisotopic (exact) mass is 519 g/mol. The average Bonchev–Trinajstić information content (AvgIpc) is 2.91. The van der Waals surface area contributed by atoms with Gasteiger partial charge in [0.2, 0.25) is 5.91 Å². The molecule has 0 heterocycles. The Kier molecular flexibility index (Phi) is 9.72. The number of carbonyl (C=O) groups excluding carboxylic acids is 3. The third kappa shape index (κ3) is 6.26. The first-order valence-electron chi connectivity index (χ1n) is 13.6. The maximum atomic E-state index is 13.3. The van der Waals surface area contributed by atoms with Crippen molar-refractivity contribution in [3.8, 4) is 5.75 Å². The van der Waals surface area contributed by atoms with Crippen molar-refractivity contribution in [2.24, 2.45) is 17.8 Å². The van der Waals surface area contributed by atoms with Crippen LogP contribution in [0.15, 0.2) is 59.9 Å². The van der Waals surface area contributed by atoms with Crippen LogP contribution in [0.3, 0.4) is 0 Å². The van der Waals surface area contributed by atoms with Crippen LogP contribution in [0, 0.1) is 17.8 Å². The van der Waals surface area contributed by atoms with Crippen molar-refractivity contribution in [3.05, 3.63) is 71.1 Å². The summed E-state index contributed by atoms with van der Waals surface area (Å²) < 4.78 is 0. The van der Waals surface area contributed by atoms with E-state index in [4.69, 9.17) is 0 Å². The lowest BCUT2D eigenvalue weighted by atomic mass is 9.85. The molecule has 0 bridgehead atoms. The molecule has 2 unspecified atom stereocenters. The van der Waals surface area contributed by atoms with Crippen LogP contribution in [0.25, 0.3) is 0 Å². The van der Waals surface area contributed by atoms with Crippen LogP contribution < -0.4 is 16.0 Å². The summed E-state index contributed by atoms with van der Waals surface area (Å²) in [5.41, 5.74) is 2.56. The minimum absolute atomic E-state index is 0.0878. The molecule has 7 nitrogen and oxygen atoms in total. The number of nitrogens with one attached hydrogen (secondary N) is 3. The first-order chi connectivity index (χ1) is 18.1. The van der Waals surface area contributed by atoms with Gasteiger partial charge in [-0.05, 0) is 43.4 Å². The predicted molar refractivity (Wildman–Crippen MR) is 151 cm³/mol. The molecular formula is C31H41N3O4. The number of anilines is 1. The molecule has 0 aliphatic heterocycles.